The molecule has 0 saturated heterocycles. The summed E-state index contributed by atoms with van der Waals surface area (Å²) in [6.45, 7) is 8.98. The van der Waals surface area contributed by atoms with Gasteiger partial charge in [-0.3, -0.25) is 0 Å². The van der Waals surface area contributed by atoms with Crippen molar-refractivity contribution in [2.24, 2.45) is 5.73 Å². The third kappa shape index (κ3) is 4.43. The van der Waals surface area contributed by atoms with Gasteiger partial charge in [-0.25, -0.2) is 0 Å². The fourth-order valence-corrected chi connectivity index (χ4v) is 2.25. The molecule has 17 heavy (non-hydrogen) atoms. The van der Waals surface area contributed by atoms with Gasteiger partial charge in [0, 0.05) is 19.6 Å². The molecule has 0 fully saturated rings. The minimum Gasteiger partial charge on any atom is -0.466 e. The summed E-state index contributed by atoms with van der Waals surface area (Å²) in [4.78, 5) is 2.37. The summed E-state index contributed by atoms with van der Waals surface area (Å²) in [7, 11) is 0. The maximum atomic E-state index is 5.76. The van der Waals surface area contributed by atoms with Crippen LogP contribution in [0.2, 0.25) is 0 Å². The quantitative estimate of drug-likeness (QED) is 0.771. The highest BCUT2D eigenvalue weighted by molar-refractivity contribution is 9.10. The van der Waals surface area contributed by atoms with E-state index in [4.69, 9.17) is 10.2 Å². The van der Waals surface area contributed by atoms with E-state index in [0.29, 0.717) is 6.54 Å². The van der Waals surface area contributed by atoms with Crippen LogP contribution in [0.1, 0.15) is 25.6 Å². The Bertz CT molecular complexity index is 312. The minimum atomic E-state index is 0.0786. The van der Waals surface area contributed by atoms with Gasteiger partial charge >= 0.3 is 0 Å². The van der Waals surface area contributed by atoms with Crippen molar-refractivity contribution in [3.63, 3.8) is 0 Å². The first kappa shape index (κ1) is 14.7. The average Bonchev–Trinajstić information content (AvgIpc) is 2.76. The molecule has 0 amide bonds. The maximum Gasteiger partial charge on any atom is 0.136 e. The van der Waals surface area contributed by atoms with Crippen molar-refractivity contribution < 1.29 is 4.42 Å². The topological polar surface area (TPSA) is 54.4 Å². The molecule has 98 valence electrons. The Morgan fingerprint density at radius 1 is 1.47 bits per heavy atom. The highest BCUT2D eigenvalue weighted by Gasteiger charge is 2.15. The van der Waals surface area contributed by atoms with Gasteiger partial charge in [-0.1, -0.05) is 13.8 Å². The number of halogens is 1. The molecule has 1 aromatic rings. The number of hydrogen-bond acceptors (Lipinski definition) is 4. The van der Waals surface area contributed by atoms with Crippen LogP contribution in [0.25, 0.3) is 0 Å². The van der Waals surface area contributed by atoms with Crippen LogP contribution in [-0.2, 0) is 0 Å². The number of furan rings is 1. The Hall–Kier alpha value is -0.360. The van der Waals surface area contributed by atoms with Gasteiger partial charge in [0.15, 0.2) is 0 Å². The monoisotopic (exact) mass is 303 g/mol. The highest BCUT2D eigenvalue weighted by atomic mass is 79.9. The summed E-state index contributed by atoms with van der Waals surface area (Å²) >= 11 is 3.46. The fourth-order valence-electron chi connectivity index (χ4n) is 1.77. The summed E-state index contributed by atoms with van der Waals surface area (Å²) in [5, 5.41) is 3.42. The van der Waals surface area contributed by atoms with Gasteiger partial charge in [-0.15, -0.1) is 0 Å². The molecule has 0 aliphatic heterocycles. The van der Waals surface area contributed by atoms with Crippen LogP contribution < -0.4 is 11.1 Å². The van der Waals surface area contributed by atoms with E-state index in [2.05, 4.69) is 40.0 Å². The average molecular weight is 304 g/mol. The molecule has 0 radical (unpaired) electrons. The molecule has 5 heteroatoms. The molecule has 1 heterocycles. The van der Waals surface area contributed by atoms with E-state index in [9.17, 15) is 0 Å². The fraction of sp³-hybridized carbons (Fsp3) is 0.667. The van der Waals surface area contributed by atoms with Crippen molar-refractivity contribution in [3.8, 4) is 0 Å². The zero-order valence-corrected chi connectivity index (χ0v) is 12.2. The van der Waals surface area contributed by atoms with Gasteiger partial charge in [-0.05, 0) is 35.1 Å². The first-order valence-electron chi connectivity index (χ1n) is 6.11. The SMILES string of the molecule is CCN(CC)CCNC(CN)c1occc1Br. The lowest BCUT2D eigenvalue weighted by atomic mass is 10.2. The number of likely N-dealkylation sites (N-methyl/N-ethyl adjacent to an activating group) is 1. The number of rotatable bonds is 8. The summed E-state index contributed by atoms with van der Waals surface area (Å²) in [5.41, 5.74) is 5.76. The van der Waals surface area contributed by atoms with E-state index >= 15 is 0 Å². The zero-order chi connectivity index (χ0) is 12.7. The van der Waals surface area contributed by atoms with Gasteiger partial charge < -0.3 is 20.4 Å². The predicted molar refractivity (Wildman–Crippen MR) is 74.0 cm³/mol. The van der Waals surface area contributed by atoms with Crippen molar-refractivity contribution in [1.82, 2.24) is 10.2 Å². The van der Waals surface area contributed by atoms with Crippen LogP contribution >= 0.6 is 15.9 Å². The first-order valence-corrected chi connectivity index (χ1v) is 6.90. The number of hydrogen-bond donors (Lipinski definition) is 2. The Kier molecular flexibility index (Phi) is 6.80. The smallest absolute Gasteiger partial charge is 0.136 e. The van der Waals surface area contributed by atoms with Crippen molar-refractivity contribution in [1.29, 1.82) is 0 Å². The Morgan fingerprint density at radius 2 is 2.18 bits per heavy atom. The summed E-state index contributed by atoms with van der Waals surface area (Å²) in [6.07, 6.45) is 1.67. The molecular formula is C12H22BrN3O. The second-order valence-electron chi connectivity index (χ2n) is 3.90. The van der Waals surface area contributed by atoms with Crippen molar-refractivity contribution in [2.45, 2.75) is 19.9 Å². The Balaban J connectivity index is 2.41. The molecule has 1 rings (SSSR count). The van der Waals surface area contributed by atoms with Crippen LogP contribution in [0.4, 0.5) is 0 Å². The standard InChI is InChI=1S/C12H22BrN3O/c1-3-16(4-2)7-6-15-11(9-14)12-10(13)5-8-17-12/h5,8,11,15H,3-4,6-7,9,14H2,1-2H3. The number of nitrogens with two attached hydrogens (primary N) is 1. The third-order valence-electron chi connectivity index (χ3n) is 2.91. The largest absolute Gasteiger partial charge is 0.466 e. The summed E-state index contributed by atoms with van der Waals surface area (Å²) in [6, 6.07) is 1.97. The van der Waals surface area contributed by atoms with Crippen LogP contribution in [-0.4, -0.2) is 37.6 Å². The molecule has 0 aromatic carbocycles. The van der Waals surface area contributed by atoms with Gasteiger partial charge in [0.05, 0.1) is 16.8 Å². The van der Waals surface area contributed by atoms with Crippen LogP contribution in [0.3, 0.4) is 0 Å². The van der Waals surface area contributed by atoms with Gasteiger partial charge in [-0.2, -0.15) is 0 Å². The maximum absolute atomic E-state index is 5.76. The molecule has 0 aliphatic rings. The lowest BCUT2D eigenvalue weighted by Gasteiger charge is -2.20. The van der Waals surface area contributed by atoms with E-state index < -0.39 is 0 Å². The van der Waals surface area contributed by atoms with E-state index in [1.54, 1.807) is 6.26 Å². The molecule has 1 unspecified atom stereocenters. The van der Waals surface area contributed by atoms with Gasteiger partial charge in [0.1, 0.15) is 5.76 Å². The Labute approximate surface area is 112 Å². The van der Waals surface area contributed by atoms with Crippen LogP contribution in [0.5, 0.6) is 0 Å². The predicted octanol–water partition coefficient (Wildman–Crippen LogP) is 1.97. The molecule has 1 atom stereocenters. The second-order valence-corrected chi connectivity index (χ2v) is 4.76. The molecule has 0 spiro atoms. The third-order valence-corrected chi connectivity index (χ3v) is 3.57. The molecule has 0 saturated carbocycles. The van der Waals surface area contributed by atoms with Crippen LogP contribution in [0, 0.1) is 0 Å². The molecule has 0 aliphatic carbocycles. The number of nitrogens with one attached hydrogen (secondary N) is 1. The molecule has 3 N–H and O–H groups in total. The van der Waals surface area contributed by atoms with Gasteiger partial charge in [0.25, 0.3) is 0 Å². The normalized spacial score (nSPS) is 13.2. The van der Waals surface area contributed by atoms with E-state index in [1.807, 2.05) is 6.07 Å². The lowest BCUT2D eigenvalue weighted by molar-refractivity contribution is 0.292. The molecule has 4 nitrogen and oxygen atoms in total. The lowest BCUT2D eigenvalue weighted by Crippen LogP contribution is -2.36. The van der Waals surface area contributed by atoms with Crippen molar-refractivity contribution in [3.05, 3.63) is 22.6 Å². The molecular weight excluding hydrogens is 282 g/mol. The van der Waals surface area contributed by atoms with Crippen molar-refractivity contribution >= 4 is 15.9 Å². The summed E-state index contributed by atoms with van der Waals surface area (Å²) < 4.78 is 6.40. The minimum absolute atomic E-state index is 0.0786. The second kappa shape index (κ2) is 7.87. The zero-order valence-electron chi connectivity index (χ0n) is 10.6. The van der Waals surface area contributed by atoms with E-state index in [-0.39, 0.29) is 6.04 Å². The van der Waals surface area contributed by atoms with Gasteiger partial charge in [0.2, 0.25) is 0 Å². The number of nitrogens with zero attached hydrogens (tertiary/aromatic N) is 1. The van der Waals surface area contributed by atoms with E-state index in [1.165, 1.54) is 0 Å². The first-order chi connectivity index (χ1) is 8.22. The highest BCUT2D eigenvalue weighted by Crippen LogP contribution is 2.23. The van der Waals surface area contributed by atoms with Crippen LogP contribution in [0.15, 0.2) is 21.2 Å². The van der Waals surface area contributed by atoms with E-state index in [0.717, 1.165) is 36.4 Å². The molecule has 0 bridgehead atoms. The Morgan fingerprint density at radius 3 is 2.65 bits per heavy atom. The summed E-state index contributed by atoms with van der Waals surface area (Å²) in [5.74, 6) is 0.882. The van der Waals surface area contributed by atoms with Crippen molar-refractivity contribution in [2.75, 3.05) is 32.7 Å². The molecule has 1 aromatic heterocycles.